The van der Waals surface area contributed by atoms with E-state index < -0.39 is 5.41 Å². The second-order valence-electron chi connectivity index (χ2n) is 14.2. The van der Waals surface area contributed by atoms with Gasteiger partial charge < -0.3 is 31.2 Å². The number of rotatable bonds is 6. The van der Waals surface area contributed by atoms with Crippen LogP contribution in [0.3, 0.4) is 0 Å². The maximum atomic E-state index is 10.5. The van der Waals surface area contributed by atoms with E-state index >= 15 is 0 Å². The van der Waals surface area contributed by atoms with Gasteiger partial charge in [-0.2, -0.15) is 0 Å². The number of nitrogen functional groups attached to an aromatic ring is 2. The fourth-order valence-corrected chi connectivity index (χ4v) is 7.65. The molecule has 0 spiro atoms. The standard InChI is InChI=1S/C53H36N2O4/c54-41-21-29-51(49(56)33-41)58-43-23-17-39(18-24-43)53(40-19-25-44(26-20-40)59-52-30-22-42(55)34-50(52)57)47-27-15-37(13-11-35-7-3-1-4-8-35)31-45(47)46-32-38(16-28-48(46)53)14-12-36-9-5-2-6-10-36/h1-10,15-34,56-57H,54-55H2. The third-order valence-electron chi connectivity index (χ3n) is 10.4. The topological polar surface area (TPSA) is 111 Å². The molecule has 6 heteroatoms. The first-order chi connectivity index (χ1) is 28.8. The van der Waals surface area contributed by atoms with Crippen LogP contribution in [0.25, 0.3) is 11.1 Å². The average Bonchev–Trinajstić information content (AvgIpc) is 3.55. The van der Waals surface area contributed by atoms with E-state index in [0.717, 1.165) is 55.6 Å². The third-order valence-corrected chi connectivity index (χ3v) is 10.4. The van der Waals surface area contributed by atoms with Crippen LogP contribution in [-0.4, -0.2) is 10.2 Å². The Morgan fingerprint density at radius 1 is 0.390 bits per heavy atom. The molecule has 59 heavy (non-hydrogen) atoms. The minimum Gasteiger partial charge on any atom is -0.504 e. The Morgan fingerprint density at radius 3 is 1.17 bits per heavy atom. The van der Waals surface area contributed by atoms with E-state index in [4.69, 9.17) is 20.9 Å². The summed E-state index contributed by atoms with van der Waals surface area (Å²) in [6, 6.07) is 58.2. The lowest BCUT2D eigenvalue weighted by molar-refractivity contribution is 0.411. The van der Waals surface area contributed by atoms with Gasteiger partial charge >= 0.3 is 0 Å². The molecule has 0 heterocycles. The quantitative estimate of drug-likeness (QED) is 0.0991. The van der Waals surface area contributed by atoms with E-state index in [1.165, 1.54) is 12.1 Å². The van der Waals surface area contributed by atoms with Crippen molar-refractivity contribution in [3.63, 3.8) is 0 Å². The summed E-state index contributed by atoms with van der Waals surface area (Å²) in [4.78, 5) is 0. The first-order valence-corrected chi connectivity index (χ1v) is 19.0. The summed E-state index contributed by atoms with van der Waals surface area (Å²) in [6.45, 7) is 0. The summed E-state index contributed by atoms with van der Waals surface area (Å²) < 4.78 is 12.3. The van der Waals surface area contributed by atoms with Crippen molar-refractivity contribution in [3.05, 3.63) is 226 Å². The molecule has 0 saturated carbocycles. The highest BCUT2D eigenvalue weighted by molar-refractivity contribution is 5.88. The van der Waals surface area contributed by atoms with Gasteiger partial charge in [0, 0.05) is 45.8 Å². The number of ether oxygens (including phenoxy) is 2. The minimum atomic E-state index is -0.800. The zero-order valence-electron chi connectivity index (χ0n) is 31.7. The molecule has 0 atom stereocenters. The van der Waals surface area contributed by atoms with Crippen LogP contribution in [0, 0.1) is 23.7 Å². The predicted molar refractivity (Wildman–Crippen MR) is 234 cm³/mol. The fourth-order valence-electron chi connectivity index (χ4n) is 7.65. The molecule has 0 aliphatic heterocycles. The Bertz CT molecular complexity index is 2770. The molecule has 0 saturated heterocycles. The first kappa shape index (κ1) is 36.3. The lowest BCUT2D eigenvalue weighted by Gasteiger charge is -2.34. The number of hydrogen-bond acceptors (Lipinski definition) is 6. The fraction of sp³-hybridized carbons (Fsp3) is 0.0189. The molecule has 0 bridgehead atoms. The van der Waals surface area contributed by atoms with Crippen LogP contribution in [0.1, 0.15) is 44.5 Å². The van der Waals surface area contributed by atoms with Crippen molar-refractivity contribution >= 4 is 11.4 Å². The summed E-state index contributed by atoms with van der Waals surface area (Å²) in [5, 5.41) is 21.1. The second kappa shape index (κ2) is 15.3. The number of anilines is 2. The molecule has 6 N–H and O–H groups in total. The van der Waals surface area contributed by atoms with E-state index in [9.17, 15) is 10.2 Å². The Labute approximate surface area is 342 Å². The van der Waals surface area contributed by atoms with Crippen molar-refractivity contribution in [1.82, 2.24) is 0 Å². The van der Waals surface area contributed by atoms with Gasteiger partial charge in [-0.25, -0.2) is 0 Å². The molecular weight excluding hydrogens is 729 g/mol. The van der Waals surface area contributed by atoms with Gasteiger partial charge in [0.25, 0.3) is 0 Å². The number of hydrogen-bond donors (Lipinski definition) is 4. The summed E-state index contributed by atoms with van der Waals surface area (Å²) in [6.07, 6.45) is 0. The van der Waals surface area contributed by atoms with Crippen LogP contribution in [-0.2, 0) is 5.41 Å². The number of phenols is 2. The molecule has 0 unspecified atom stereocenters. The molecule has 282 valence electrons. The Hall–Kier alpha value is -8.32. The molecule has 0 radical (unpaired) electrons. The van der Waals surface area contributed by atoms with Gasteiger partial charge in [-0.15, -0.1) is 0 Å². The number of phenolic OH excluding ortho intramolecular Hbond substituents is 2. The van der Waals surface area contributed by atoms with Crippen molar-refractivity contribution in [2.24, 2.45) is 0 Å². The van der Waals surface area contributed by atoms with Crippen molar-refractivity contribution in [2.75, 3.05) is 11.5 Å². The van der Waals surface area contributed by atoms with Crippen LogP contribution in [0.2, 0.25) is 0 Å². The van der Waals surface area contributed by atoms with Gasteiger partial charge in [0.1, 0.15) is 11.5 Å². The molecule has 8 aromatic rings. The van der Waals surface area contributed by atoms with E-state index in [-0.39, 0.29) is 11.5 Å². The molecule has 6 nitrogen and oxygen atoms in total. The molecule has 1 aliphatic rings. The summed E-state index contributed by atoms with van der Waals surface area (Å²) in [5.74, 6) is 15.1. The van der Waals surface area contributed by atoms with E-state index in [1.807, 2.05) is 84.9 Å². The zero-order chi connectivity index (χ0) is 40.3. The number of fused-ring (bicyclic) bond motifs is 3. The molecule has 0 aromatic heterocycles. The molecule has 0 fully saturated rings. The molecular formula is C53H36N2O4. The van der Waals surface area contributed by atoms with Crippen molar-refractivity contribution in [3.8, 4) is 69.3 Å². The van der Waals surface area contributed by atoms with Crippen molar-refractivity contribution in [2.45, 2.75) is 5.41 Å². The van der Waals surface area contributed by atoms with Crippen molar-refractivity contribution < 1.29 is 19.7 Å². The van der Waals surface area contributed by atoms with Gasteiger partial charge in [0.15, 0.2) is 23.0 Å². The minimum absolute atomic E-state index is 0.0453. The van der Waals surface area contributed by atoms with Gasteiger partial charge in [-0.1, -0.05) is 96.5 Å². The Morgan fingerprint density at radius 2 is 0.780 bits per heavy atom. The molecule has 9 rings (SSSR count). The van der Waals surface area contributed by atoms with E-state index in [2.05, 4.69) is 84.3 Å². The SMILES string of the molecule is Nc1ccc(Oc2ccc(C3(c4ccc(Oc5ccc(N)cc5O)cc4)c4ccc(C#Cc5ccccc5)cc4-c4cc(C#Cc5ccccc5)ccc43)cc2)c(O)c1. The third kappa shape index (κ3) is 7.15. The van der Waals surface area contributed by atoms with E-state index in [1.54, 1.807) is 24.3 Å². The molecule has 0 amide bonds. The number of benzene rings is 8. The van der Waals surface area contributed by atoms with Crippen LogP contribution in [0.15, 0.2) is 182 Å². The lowest BCUT2D eigenvalue weighted by Crippen LogP contribution is -2.28. The van der Waals surface area contributed by atoms with Gasteiger partial charge in [0.05, 0.1) is 5.41 Å². The lowest BCUT2D eigenvalue weighted by atomic mass is 9.67. The normalized spacial score (nSPS) is 11.9. The molecule has 1 aliphatic carbocycles. The maximum Gasteiger partial charge on any atom is 0.169 e. The predicted octanol–water partition coefficient (Wildman–Crippen LogP) is 11.0. The highest BCUT2D eigenvalue weighted by Crippen LogP contribution is 2.57. The van der Waals surface area contributed by atoms with Crippen molar-refractivity contribution in [1.29, 1.82) is 0 Å². The van der Waals surface area contributed by atoms with Crippen LogP contribution in [0.5, 0.6) is 34.5 Å². The molecule has 8 aromatic carbocycles. The first-order valence-electron chi connectivity index (χ1n) is 19.0. The number of aromatic hydroxyl groups is 2. The van der Waals surface area contributed by atoms with Gasteiger partial charge in [-0.3, -0.25) is 0 Å². The average molecular weight is 765 g/mol. The zero-order valence-corrected chi connectivity index (χ0v) is 31.7. The summed E-state index contributed by atoms with van der Waals surface area (Å²) >= 11 is 0. The summed E-state index contributed by atoms with van der Waals surface area (Å²) in [7, 11) is 0. The highest BCUT2D eigenvalue weighted by Gasteiger charge is 2.46. The Kier molecular flexibility index (Phi) is 9.43. The van der Waals surface area contributed by atoms with Crippen LogP contribution < -0.4 is 20.9 Å². The monoisotopic (exact) mass is 764 g/mol. The summed E-state index contributed by atoms with van der Waals surface area (Å²) in [5.41, 5.74) is 21.7. The van der Waals surface area contributed by atoms with E-state index in [0.29, 0.717) is 34.4 Å². The highest BCUT2D eigenvalue weighted by atomic mass is 16.5. The van der Waals surface area contributed by atoms with Gasteiger partial charge in [0.2, 0.25) is 0 Å². The second-order valence-corrected chi connectivity index (χ2v) is 14.2. The van der Waals surface area contributed by atoms with Crippen LogP contribution in [0.4, 0.5) is 11.4 Å². The van der Waals surface area contributed by atoms with Gasteiger partial charge in [-0.05, 0) is 130 Å². The smallest absolute Gasteiger partial charge is 0.169 e. The maximum absolute atomic E-state index is 10.5. The number of nitrogens with two attached hydrogens (primary N) is 2. The van der Waals surface area contributed by atoms with Crippen LogP contribution >= 0.6 is 0 Å². The largest absolute Gasteiger partial charge is 0.504 e. The Balaban J connectivity index is 1.22.